The number of carbonyl (C=O) groups is 1. The number of benzene rings is 1. The van der Waals surface area contributed by atoms with Crippen molar-refractivity contribution in [3.05, 3.63) is 40.7 Å². The lowest BCUT2D eigenvalue weighted by atomic mass is 9.96. The van der Waals surface area contributed by atoms with E-state index in [0.717, 1.165) is 43.7 Å². The summed E-state index contributed by atoms with van der Waals surface area (Å²) in [6, 6.07) is 7.42. The van der Waals surface area contributed by atoms with Crippen LogP contribution in [-0.4, -0.2) is 40.5 Å². The lowest BCUT2D eigenvalue weighted by Crippen LogP contribution is -2.33. The van der Waals surface area contributed by atoms with E-state index in [0.29, 0.717) is 23.2 Å². The van der Waals surface area contributed by atoms with Gasteiger partial charge in [-0.1, -0.05) is 36.2 Å². The minimum absolute atomic E-state index is 0. The van der Waals surface area contributed by atoms with Crippen molar-refractivity contribution in [2.45, 2.75) is 39.0 Å². The minimum atomic E-state index is -0.148. The Morgan fingerprint density at radius 1 is 1.44 bits per heavy atom. The third-order valence-corrected chi connectivity index (χ3v) is 4.99. The number of piperidine rings is 1. The summed E-state index contributed by atoms with van der Waals surface area (Å²) in [5.74, 6) is 0.492. The van der Waals surface area contributed by atoms with Crippen LogP contribution in [-0.2, 0) is 6.42 Å². The molecule has 1 atom stereocenters. The molecule has 8 heteroatoms. The molecule has 1 amide bonds. The smallest absolute Gasteiger partial charge is 0.273 e. The molecule has 2 heterocycles. The molecule has 0 bridgehead atoms. The molecule has 27 heavy (non-hydrogen) atoms. The first-order chi connectivity index (χ1) is 12.7. The van der Waals surface area contributed by atoms with Crippen molar-refractivity contribution in [3.63, 3.8) is 0 Å². The van der Waals surface area contributed by atoms with Crippen LogP contribution < -0.4 is 10.6 Å². The van der Waals surface area contributed by atoms with Gasteiger partial charge in [-0.05, 0) is 62.9 Å². The summed E-state index contributed by atoms with van der Waals surface area (Å²) in [5.41, 5.74) is 2.06. The standard InChI is InChI=1S/C19H26ClN5O.ClH/c1-2-5-17-18(19(26)22-11-9-14-6-4-10-21-13-14)23-24-25(17)16-8-3-7-15(20)12-16;/h3,7-8,12,14,21H,2,4-6,9-11,13H2,1H3,(H,22,26);1H. The van der Waals surface area contributed by atoms with Gasteiger partial charge in [0.2, 0.25) is 0 Å². The van der Waals surface area contributed by atoms with Crippen molar-refractivity contribution in [2.24, 2.45) is 5.92 Å². The summed E-state index contributed by atoms with van der Waals surface area (Å²) in [6.07, 6.45) is 5.07. The molecule has 1 fully saturated rings. The molecule has 0 aliphatic carbocycles. The highest BCUT2D eigenvalue weighted by Crippen LogP contribution is 2.19. The topological polar surface area (TPSA) is 71.8 Å². The van der Waals surface area contributed by atoms with Gasteiger partial charge in [0.25, 0.3) is 5.91 Å². The molecular weight excluding hydrogens is 385 g/mol. The van der Waals surface area contributed by atoms with Crippen LogP contribution in [0.25, 0.3) is 5.69 Å². The molecule has 0 spiro atoms. The Morgan fingerprint density at radius 3 is 3.00 bits per heavy atom. The second kappa shape index (κ2) is 10.6. The summed E-state index contributed by atoms with van der Waals surface area (Å²) in [4.78, 5) is 12.6. The predicted molar refractivity (Wildman–Crippen MR) is 110 cm³/mol. The highest BCUT2D eigenvalue weighted by atomic mass is 35.5. The maximum absolute atomic E-state index is 12.6. The number of nitrogens with one attached hydrogen (secondary N) is 2. The Hall–Kier alpha value is -1.63. The van der Waals surface area contributed by atoms with E-state index in [9.17, 15) is 4.79 Å². The first-order valence-electron chi connectivity index (χ1n) is 9.38. The number of amides is 1. The average Bonchev–Trinajstić information content (AvgIpc) is 3.07. The lowest BCUT2D eigenvalue weighted by molar-refractivity contribution is 0.0944. The van der Waals surface area contributed by atoms with E-state index in [-0.39, 0.29) is 18.3 Å². The van der Waals surface area contributed by atoms with Crippen molar-refractivity contribution in [2.75, 3.05) is 19.6 Å². The fourth-order valence-corrected chi connectivity index (χ4v) is 3.58. The Balaban J connectivity index is 0.00000261. The first-order valence-corrected chi connectivity index (χ1v) is 9.76. The van der Waals surface area contributed by atoms with Crippen LogP contribution in [0.2, 0.25) is 5.02 Å². The Bertz CT molecular complexity index is 743. The van der Waals surface area contributed by atoms with Gasteiger partial charge in [-0.25, -0.2) is 4.68 Å². The van der Waals surface area contributed by atoms with Crippen molar-refractivity contribution < 1.29 is 4.79 Å². The molecule has 6 nitrogen and oxygen atoms in total. The third-order valence-electron chi connectivity index (χ3n) is 4.75. The molecule has 1 saturated heterocycles. The molecule has 1 unspecified atom stereocenters. The average molecular weight is 412 g/mol. The molecule has 148 valence electrons. The van der Waals surface area contributed by atoms with Gasteiger partial charge < -0.3 is 10.6 Å². The van der Waals surface area contributed by atoms with Crippen LogP contribution in [0.3, 0.4) is 0 Å². The van der Waals surface area contributed by atoms with Gasteiger partial charge in [0.1, 0.15) is 0 Å². The Kier molecular flexibility index (Phi) is 8.54. The number of hydrogen-bond donors (Lipinski definition) is 2. The third kappa shape index (κ3) is 5.67. The van der Waals surface area contributed by atoms with Crippen LogP contribution >= 0.6 is 24.0 Å². The van der Waals surface area contributed by atoms with E-state index < -0.39 is 0 Å². The lowest BCUT2D eigenvalue weighted by Gasteiger charge is -2.22. The molecule has 1 aromatic heterocycles. The highest BCUT2D eigenvalue weighted by Gasteiger charge is 2.20. The summed E-state index contributed by atoms with van der Waals surface area (Å²) < 4.78 is 1.72. The summed E-state index contributed by atoms with van der Waals surface area (Å²) >= 11 is 6.09. The van der Waals surface area contributed by atoms with E-state index in [1.165, 1.54) is 12.8 Å². The van der Waals surface area contributed by atoms with Gasteiger partial charge in [0.05, 0.1) is 11.4 Å². The Morgan fingerprint density at radius 2 is 2.30 bits per heavy atom. The normalized spacial score (nSPS) is 16.6. The maximum Gasteiger partial charge on any atom is 0.273 e. The van der Waals surface area contributed by atoms with Gasteiger partial charge >= 0.3 is 0 Å². The molecular formula is C19H27Cl2N5O. The van der Waals surface area contributed by atoms with Crippen LogP contribution in [0.1, 0.15) is 48.8 Å². The fraction of sp³-hybridized carbons (Fsp3) is 0.526. The van der Waals surface area contributed by atoms with E-state index in [4.69, 9.17) is 11.6 Å². The molecule has 1 aromatic carbocycles. The number of nitrogens with zero attached hydrogens (tertiary/aromatic N) is 3. The van der Waals surface area contributed by atoms with E-state index >= 15 is 0 Å². The molecule has 2 aromatic rings. The SMILES string of the molecule is CCCc1c(C(=O)NCCC2CCCNC2)nnn1-c1cccc(Cl)c1.Cl. The van der Waals surface area contributed by atoms with Crippen LogP contribution in [0, 0.1) is 5.92 Å². The van der Waals surface area contributed by atoms with Gasteiger partial charge in [0.15, 0.2) is 5.69 Å². The number of halogens is 2. The monoisotopic (exact) mass is 411 g/mol. The predicted octanol–water partition coefficient (Wildman–Crippen LogP) is 3.41. The van der Waals surface area contributed by atoms with Crippen molar-refractivity contribution in [1.82, 2.24) is 25.6 Å². The number of rotatable bonds is 7. The summed E-state index contributed by atoms with van der Waals surface area (Å²) in [5, 5.41) is 15.4. The largest absolute Gasteiger partial charge is 0.351 e. The molecule has 1 aliphatic heterocycles. The second-order valence-electron chi connectivity index (χ2n) is 6.78. The quantitative estimate of drug-likeness (QED) is 0.731. The van der Waals surface area contributed by atoms with E-state index in [1.807, 2.05) is 24.3 Å². The van der Waals surface area contributed by atoms with Crippen molar-refractivity contribution >= 4 is 29.9 Å². The molecule has 2 N–H and O–H groups in total. The highest BCUT2D eigenvalue weighted by molar-refractivity contribution is 6.30. The van der Waals surface area contributed by atoms with Gasteiger partial charge in [0, 0.05) is 11.6 Å². The van der Waals surface area contributed by atoms with Crippen LogP contribution in [0.5, 0.6) is 0 Å². The molecule has 3 rings (SSSR count). The minimum Gasteiger partial charge on any atom is -0.351 e. The van der Waals surface area contributed by atoms with Gasteiger partial charge in [-0.15, -0.1) is 17.5 Å². The molecule has 0 radical (unpaired) electrons. The number of carbonyl (C=O) groups excluding carboxylic acids is 1. The second-order valence-corrected chi connectivity index (χ2v) is 7.22. The van der Waals surface area contributed by atoms with Crippen molar-refractivity contribution in [3.8, 4) is 5.69 Å². The van der Waals surface area contributed by atoms with Crippen molar-refractivity contribution in [1.29, 1.82) is 0 Å². The molecule has 1 aliphatic rings. The van der Waals surface area contributed by atoms with E-state index in [2.05, 4.69) is 27.9 Å². The zero-order valence-electron chi connectivity index (χ0n) is 15.6. The van der Waals surface area contributed by atoms with Crippen LogP contribution in [0.4, 0.5) is 0 Å². The first kappa shape index (κ1) is 21.7. The molecule has 0 saturated carbocycles. The number of hydrogen-bond acceptors (Lipinski definition) is 4. The van der Waals surface area contributed by atoms with Crippen LogP contribution in [0.15, 0.2) is 24.3 Å². The zero-order valence-corrected chi connectivity index (χ0v) is 17.2. The van der Waals surface area contributed by atoms with Gasteiger partial charge in [-0.2, -0.15) is 0 Å². The fourth-order valence-electron chi connectivity index (χ4n) is 3.40. The maximum atomic E-state index is 12.6. The zero-order chi connectivity index (χ0) is 18.4. The summed E-state index contributed by atoms with van der Waals surface area (Å²) in [6.45, 7) is 4.89. The van der Waals surface area contributed by atoms with Gasteiger partial charge in [-0.3, -0.25) is 4.79 Å². The Labute approximate surface area is 171 Å². The number of aromatic nitrogens is 3. The van der Waals surface area contributed by atoms with E-state index in [1.54, 1.807) is 4.68 Å². The summed E-state index contributed by atoms with van der Waals surface area (Å²) in [7, 11) is 0.